The van der Waals surface area contributed by atoms with Gasteiger partial charge in [0.25, 0.3) is 0 Å². The summed E-state index contributed by atoms with van der Waals surface area (Å²) in [5, 5.41) is 0. The zero-order valence-corrected chi connectivity index (χ0v) is 6.83. The number of hydrogen-bond acceptors (Lipinski definition) is 3. The van der Waals surface area contributed by atoms with Crippen LogP contribution in [0.2, 0.25) is 0 Å². The van der Waals surface area contributed by atoms with Crippen LogP contribution >= 0.6 is 0 Å². The molecule has 62 valence electrons. The van der Waals surface area contributed by atoms with Gasteiger partial charge in [0.05, 0.1) is 6.54 Å². The van der Waals surface area contributed by atoms with Crippen molar-refractivity contribution in [1.82, 2.24) is 0 Å². The summed E-state index contributed by atoms with van der Waals surface area (Å²) in [6.45, 7) is 5.80. The van der Waals surface area contributed by atoms with E-state index < -0.39 is 0 Å². The van der Waals surface area contributed by atoms with Gasteiger partial charge in [0.15, 0.2) is 0 Å². The van der Waals surface area contributed by atoms with Gasteiger partial charge in [-0.2, -0.15) is 0 Å². The van der Waals surface area contributed by atoms with Crippen LogP contribution < -0.4 is 0 Å². The average molecular weight is 163 g/mol. The maximum absolute atomic E-state index is 9.78. The molecule has 0 saturated carbocycles. The summed E-state index contributed by atoms with van der Waals surface area (Å²) in [7, 11) is 0. The monoisotopic (exact) mass is 163 g/mol. The van der Waals surface area contributed by atoms with Crippen molar-refractivity contribution in [2.24, 2.45) is 4.99 Å². The molecule has 0 aliphatic heterocycles. The predicted octanol–water partition coefficient (Wildman–Crippen LogP) is 1.94. The first-order valence-corrected chi connectivity index (χ1v) is 3.52. The molecular formula is C9H9NO2. The molecule has 12 heavy (non-hydrogen) atoms. The highest BCUT2D eigenvalue weighted by molar-refractivity contribution is 5.61. The number of nitrogens with zero attached hydrogens (tertiary/aromatic N) is 1. The second kappa shape index (κ2) is 3.69. The van der Waals surface area contributed by atoms with Crippen molar-refractivity contribution in [2.45, 2.75) is 6.92 Å². The fourth-order valence-corrected chi connectivity index (χ4v) is 0.830. The molecule has 0 saturated heterocycles. The van der Waals surface area contributed by atoms with Gasteiger partial charge in [0.2, 0.25) is 6.08 Å². The lowest BCUT2D eigenvalue weighted by Gasteiger charge is -1.94. The number of furan rings is 1. The van der Waals surface area contributed by atoms with Gasteiger partial charge < -0.3 is 4.42 Å². The van der Waals surface area contributed by atoms with Crippen LogP contribution in [0.25, 0.3) is 5.57 Å². The minimum atomic E-state index is 0.246. The van der Waals surface area contributed by atoms with Crippen molar-refractivity contribution in [2.75, 3.05) is 6.54 Å². The van der Waals surface area contributed by atoms with Crippen LogP contribution in [0.4, 0.5) is 0 Å². The largest absolute Gasteiger partial charge is 0.462 e. The Labute approximate surface area is 70.4 Å². The van der Waals surface area contributed by atoms with E-state index >= 15 is 0 Å². The van der Waals surface area contributed by atoms with Gasteiger partial charge in [-0.1, -0.05) is 6.58 Å². The second-order valence-corrected chi connectivity index (χ2v) is 2.42. The van der Waals surface area contributed by atoms with Gasteiger partial charge >= 0.3 is 0 Å². The van der Waals surface area contributed by atoms with Crippen LogP contribution in [-0.4, -0.2) is 12.6 Å². The molecule has 0 spiro atoms. The fraction of sp³-hybridized carbons (Fsp3) is 0.222. The molecule has 3 nitrogen and oxygen atoms in total. The first kappa shape index (κ1) is 8.50. The molecule has 0 aliphatic rings. The van der Waals surface area contributed by atoms with Gasteiger partial charge in [0.1, 0.15) is 11.5 Å². The van der Waals surface area contributed by atoms with Crippen molar-refractivity contribution in [3.63, 3.8) is 0 Å². The Morgan fingerprint density at radius 3 is 3.00 bits per heavy atom. The smallest absolute Gasteiger partial charge is 0.235 e. The predicted molar refractivity (Wildman–Crippen MR) is 45.5 cm³/mol. The van der Waals surface area contributed by atoms with E-state index in [-0.39, 0.29) is 6.54 Å². The first-order chi connectivity index (χ1) is 5.74. The Hall–Kier alpha value is -1.60. The summed E-state index contributed by atoms with van der Waals surface area (Å²) >= 11 is 0. The van der Waals surface area contributed by atoms with Gasteiger partial charge in [0, 0.05) is 5.57 Å². The van der Waals surface area contributed by atoms with Crippen molar-refractivity contribution < 1.29 is 9.21 Å². The van der Waals surface area contributed by atoms with E-state index in [4.69, 9.17) is 4.42 Å². The minimum Gasteiger partial charge on any atom is -0.462 e. The number of aryl methyl sites for hydroxylation is 1. The quantitative estimate of drug-likeness (QED) is 0.504. The van der Waals surface area contributed by atoms with Gasteiger partial charge in [-0.05, 0) is 19.1 Å². The van der Waals surface area contributed by atoms with E-state index in [2.05, 4.69) is 11.6 Å². The fourth-order valence-electron chi connectivity index (χ4n) is 0.830. The van der Waals surface area contributed by atoms with E-state index in [0.29, 0.717) is 11.3 Å². The van der Waals surface area contributed by atoms with Gasteiger partial charge in [-0.25, -0.2) is 9.79 Å². The molecule has 0 unspecified atom stereocenters. The molecule has 0 fully saturated rings. The SMILES string of the molecule is C=C(CN=C=O)c1ccc(C)o1. The number of rotatable bonds is 3. The Morgan fingerprint density at radius 2 is 2.50 bits per heavy atom. The maximum atomic E-state index is 9.78. The van der Waals surface area contributed by atoms with Crippen molar-refractivity contribution >= 4 is 11.7 Å². The lowest BCUT2D eigenvalue weighted by molar-refractivity contribution is 0.520. The molecule has 1 aromatic rings. The highest BCUT2D eigenvalue weighted by atomic mass is 16.3. The lowest BCUT2D eigenvalue weighted by atomic mass is 10.2. The lowest BCUT2D eigenvalue weighted by Crippen LogP contribution is -1.83. The highest BCUT2D eigenvalue weighted by Gasteiger charge is 2.01. The summed E-state index contributed by atoms with van der Waals surface area (Å²) in [6.07, 6.45) is 1.45. The van der Waals surface area contributed by atoms with Crippen LogP contribution in [0.15, 0.2) is 28.1 Å². The third-order valence-corrected chi connectivity index (χ3v) is 1.42. The topological polar surface area (TPSA) is 42.6 Å². The molecule has 0 radical (unpaired) electrons. The molecule has 3 heteroatoms. The van der Waals surface area contributed by atoms with Crippen LogP contribution in [0.1, 0.15) is 11.5 Å². The Bertz CT molecular complexity index is 332. The van der Waals surface area contributed by atoms with E-state index in [1.54, 1.807) is 6.07 Å². The summed E-state index contributed by atoms with van der Waals surface area (Å²) in [4.78, 5) is 13.2. The molecule has 1 heterocycles. The Morgan fingerprint density at radius 1 is 1.75 bits per heavy atom. The molecular weight excluding hydrogens is 154 g/mol. The van der Waals surface area contributed by atoms with Crippen LogP contribution in [0.3, 0.4) is 0 Å². The summed E-state index contributed by atoms with van der Waals surface area (Å²) in [5.74, 6) is 1.49. The van der Waals surface area contributed by atoms with E-state index in [1.165, 1.54) is 6.08 Å². The van der Waals surface area contributed by atoms with E-state index in [9.17, 15) is 4.79 Å². The zero-order valence-electron chi connectivity index (χ0n) is 6.83. The molecule has 0 aromatic carbocycles. The summed E-state index contributed by atoms with van der Waals surface area (Å²) in [6, 6.07) is 3.64. The van der Waals surface area contributed by atoms with Crippen LogP contribution in [0.5, 0.6) is 0 Å². The Kier molecular flexibility index (Phi) is 2.62. The average Bonchev–Trinajstić information content (AvgIpc) is 2.47. The van der Waals surface area contributed by atoms with Gasteiger partial charge in [-0.15, -0.1) is 0 Å². The van der Waals surface area contributed by atoms with E-state index in [1.807, 2.05) is 13.0 Å². The molecule has 0 atom stereocenters. The van der Waals surface area contributed by atoms with Crippen LogP contribution in [-0.2, 0) is 4.79 Å². The van der Waals surface area contributed by atoms with Crippen molar-refractivity contribution in [1.29, 1.82) is 0 Å². The standard InChI is InChI=1S/C9H9NO2/c1-7(5-10-6-11)9-4-3-8(2)12-9/h3-4H,1,5H2,2H3. The number of hydrogen-bond donors (Lipinski definition) is 0. The molecule has 0 bridgehead atoms. The molecule has 0 amide bonds. The Balaban J connectivity index is 2.71. The zero-order chi connectivity index (χ0) is 8.97. The third kappa shape index (κ3) is 1.94. The van der Waals surface area contributed by atoms with E-state index in [0.717, 1.165) is 5.76 Å². The molecule has 0 N–H and O–H groups in total. The minimum absolute atomic E-state index is 0.246. The van der Waals surface area contributed by atoms with Gasteiger partial charge in [-0.3, -0.25) is 0 Å². The summed E-state index contributed by atoms with van der Waals surface area (Å²) in [5.41, 5.74) is 0.687. The number of aliphatic imine (C=N–C) groups is 1. The van der Waals surface area contributed by atoms with Crippen molar-refractivity contribution in [3.8, 4) is 0 Å². The first-order valence-electron chi connectivity index (χ1n) is 3.52. The number of carbonyl (C=O) groups excluding carboxylic acids is 1. The van der Waals surface area contributed by atoms with Crippen LogP contribution in [0, 0.1) is 6.92 Å². The second-order valence-electron chi connectivity index (χ2n) is 2.42. The molecule has 0 aliphatic carbocycles. The molecule has 1 rings (SSSR count). The highest BCUT2D eigenvalue weighted by Crippen LogP contribution is 2.15. The summed E-state index contributed by atoms with van der Waals surface area (Å²) < 4.78 is 5.25. The van der Waals surface area contributed by atoms with Crippen molar-refractivity contribution in [3.05, 3.63) is 30.2 Å². The number of isocyanates is 1. The molecule has 1 aromatic heterocycles. The maximum Gasteiger partial charge on any atom is 0.235 e. The third-order valence-electron chi connectivity index (χ3n) is 1.42. The normalized spacial score (nSPS) is 9.08.